The molecule has 120 valence electrons. The van der Waals surface area contributed by atoms with E-state index < -0.39 is 10.6 Å². The molecule has 0 saturated carbocycles. The third-order valence-corrected chi connectivity index (χ3v) is 4.11. The van der Waals surface area contributed by atoms with Gasteiger partial charge < -0.3 is 0 Å². The van der Waals surface area contributed by atoms with Gasteiger partial charge in [-0.3, -0.25) is 15.1 Å². The lowest BCUT2D eigenvalue weighted by Gasteiger charge is -2.03. The van der Waals surface area contributed by atoms with Gasteiger partial charge in [0.1, 0.15) is 5.82 Å². The number of aromatic nitrogens is 3. The number of nitro groups is 1. The van der Waals surface area contributed by atoms with Crippen molar-refractivity contribution in [2.45, 2.75) is 10.9 Å². The Morgan fingerprint density at radius 3 is 2.42 bits per heavy atom. The van der Waals surface area contributed by atoms with E-state index in [4.69, 9.17) is 0 Å². The molecule has 3 aromatic rings. The van der Waals surface area contributed by atoms with Crippen molar-refractivity contribution in [2.75, 3.05) is 0 Å². The molecule has 1 N–H and O–H groups in total. The first-order valence-corrected chi connectivity index (χ1v) is 8.00. The monoisotopic (exact) mass is 340 g/mol. The summed E-state index contributed by atoms with van der Waals surface area (Å²) in [5, 5.41) is 11.0. The Morgan fingerprint density at radius 1 is 1.04 bits per heavy atom. The first kappa shape index (κ1) is 15.9. The number of H-pyrrole nitrogens is 1. The summed E-state index contributed by atoms with van der Waals surface area (Å²) in [6, 6.07) is 15.6. The predicted octanol–water partition coefficient (Wildman–Crippen LogP) is 3.03. The number of non-ortho nitro benzene ring substituents is 1. The highest BCUT2D eigenvalue weighted by molar-refractivity contribution is 7.98. The molecule has 1 heterocycles. The highest BCUT2D eigenvalue weighted by Gasteiger charge is 2.08. The Morgan fingerprint density at radius 2 is 1.75 bits per heavy atom. The van der Waals surface area contributed by atoms with Crippen LogP contribution in [0.5, 0.6) is 0 Å². The number of hydrogen-bond acceptors (Lipinski definition) is 6. The Bertz CT molecular complexity index is 911. The Hall–Kier alpha value is -3.00. The molecule has 3 rings (SSSR count). The van der Waals surface area contributed by atoms with E-state index in [0.717, 1.165) is 11.1 Å². The van der Waals surface area contributed by atoms with E-state index in [1.165, 1.54) is 23.9 Å². The fourth-order valence-corrected chi connectivity index (χ4v) is 2.82. The van der Waals surface area contributed by atoms with E-state index in [-0.39, 0.29) is 5.69 Å². The summed E-state index contributed by atoms with van der Waals surface area (Å²) in [7, 11) is 0. The summed E-state index contributed by atoms with van der Waals surface area (Å²) in [6.07, 6.45) is 0. The maximum atomic E-state index is 11.7. The minimum atomic E-state index is -0.463. The smallest absolute Gasteiger partial charge is 0.290 e. The molecule has 7 nitrogen and oxygen atoms in total. The van der Waals surface area contributed by atoms with Gasteiger partial charge >= 0.3 is 5.69 Å². The van der Waals surface area contributed by atoms with Crippen molar-refractivity contribution in [3.63, 3.8) is 0 Å². The number of rotatable bonds is 5. The molecular weight excluding hydrogens is 328 g/mol. The predicted molar refractivity (Wildman–Crippen MR) is 90.7 cm³/mol. The van der Waals surface area contributed by atoms with Crippen molar-refractivity contribution >= 4 is 17.4 Å². The molecule has 0 atom stereocenters. The van der Waals surface area contributed by atoms with Crippen molar-refractivity contribution in [3.8, 4) is 11.4 Å². The molecule has 0 bridgehead atoms. The molecule has 0 aliphatic heterocycles. The van der Waals surface area contributed by atoms with Crippen LogP contribution in [0.3, 0.4) is 0 Å². The molecule has 2 aromatic carbocycles. The molecule has 0 radical (unpaired) electrons. The molecule has 1 aromatic heterocycles. The molecule has 8 heteroatoms. The number of nitrogens with zero attached hydrogens (tertiary/aromatic N) is 3. The van der Waals surface area contributed by atoms with Crippen LogP contribution in [0.15, 0.2) is 64.5 Å². The zero-order valence-electron chi connectivity index (χ0n) is 12.4. The Labute approximate surface area is 141 Å². The van der Waals surface area contributed by atoms with E-state index in [0.29, 0.717) is 16.7 Å². The lowest BCUT2D eigenvalue weighted by molar-refractivity contribution is -0.384. The van der Waals surface area contributed by atoms with Crippen LogP contribution in [0.25, 0.3) is 11.4 Å². The average Bonchev–Trinajstić information content (AvgIpc) is 2.60. The zero-order chi connectivity index (χ0) is 16.9. The van der Waals surface area contributed by atoms with Crippen LogP contribution in [-0.4, -0.2) is 19.9 Å². The van der Waals surface area contributed by atoms with Gasteiger partial charge in [-0.1, -0.05) is 54.2 Å². The van der Waals surface area contributed by atoms with Crippen LogP contribution < -0.4 is 5.69 Å². The van der Waals surface area contributed by atoms with Gasteiger partial charge in [-0.15, -0.1) is 0 Å². The second kappa shape index (κ2) is 7.05. The highest BCUT2D eigenvalue weighted by Crippen LogP contribution is 2.22. The van der Waals surface area contributed by atoms with Crippen molar-refractivity contribution in [2.24, 2.45) is 0 Å². The standard InChI is InChI=1S/C16H12N4O3S/c21-15-17-14(12-4-2-1-3-5-12)18-16(19-15)24-10-11-6-8-13(9-7-11)20(22)23/h1-9H,10H2,(H,17,18,19,21). The van der Waals surface area contributed by atoms with Gasteiger partial charge in [-0.25, -0.2) is 9.78 Å². The molecule has 0 fully saturated rings. The SMILES string of the molecule is O=c1nc(SCc2ccc([N+](=O)[O-])cc2)nc(-c2ccccc2)[nH]1. The summed E-state index contributed by atoms with van der Waals surface area (Å²) in [6.45, 7) is 0. The minimum absolute atomic E-state index is 0.0440. The van der Waals surface area contributed by atoms with Crippen LogP contribution in [0.4, 0.5) is 5.69 Å². The maximum Gasteiger partial charge on any atom is 0.349 e. The van der Waals surface area contributed by atoms with Crippen molar-refractivity contribution in [1.82, 2.24) is 15.0 Å². The van der Waals surface area contributed by atoms with E-state index in [1.54, 1.807) is 12.1 Å². The Balaban J connectivity index is 1.77. The van der Waals surface area contributed by atoms with E-state index in [9.17, 15) is 14.9 Å². The molecule has 0 aliphatic carbocycles. The Kier molecular flexibility index (Phi) is 4.66. The maximum absolute atomic E-state index is 11.7. The van der Waals surface area contributed by atoms with Gasteiger partial charge in [-0.2, -0.15) is 4.98 Å². The molecule has 24 heavy (non-hydrogen) atoms. The number of aromatic amines is 1. The van der Waals surface area contributed by atoms with Crippen LogP contribution >= 0.6 is 11.8 Å². The molecule has 0 spiro atoms. The number of nitrogens with one attached hydrogen (secondary N) is 1. The van der Waals surface area contributed by atoms with Crippen molar-refractivity contribution in [3.05, 3.63) is 80.8 Å². The highest BCUT2D eigenvalue weighted by atomic mass is 32.2. The lowest BCUT2D eigenvalue weighted by atomic mass is 10.2. The van der Waals surface area contributed by atoms with Crippen molar-refractivity contribution in [1.29, 1.82) is 0 Å². The molecule has 0 amide bonds. The van der Waals surface area contributed by atoms with Crippen LogP contribution in [-0.2, 0) is 5.75 Å². The zero-order valence-corrected chi connectivity index (χ0v) is 13.2. The minimum Gasteiger partial charge on any atom is -0.290 e. The summed E-state index contributed by atoms with van der Waals surface area (Å²) < 4.78 is 0. The number of benzene rings is 2. The van der Waals surface area contributed by atoms with E-state index in [1.807, 2.05) is 30.3 Å². The number of nitro benzene ring substituents is 1. The molecule has 0 unspecified atom stereocenters. The van der Waals surface area contributed by atoms with Gasteiger partial charge in [0.05, 0.1) is 4.92 Å². The largest absolute Gasteiger partial charge is 0.349 e. The second-order valence-corrected chi connectivity index (χ2v) is 5.81. The summed E-state index contributed by atoms with van der Waals surface area (Å²) in [5.74, 6) is 0.970. The van der Waals surface area contributed by atoms with Gasteiger partial charge in [0.15, 0.2) is 5.16 Å². The first-order valence-electron chi connectivity index (χ1n) is 7.02. The molecule has 0 saturated heterocycles. The van der Waals surface area contributed by atoms with Gasteiger partial charge in [0, 0.05) is 23.4 Å². The van der Waals surface area contributed by atoms with Gasteiger partial charge in [-0.05, 0) is 5.56 Å². The van der Waals surface area contributed by atoms with Crippen LogP contribution in [0.2, 0.25) is 0 Å². The molecule has 0 aliphatic rings. The van der Waals surface area contributed by atoms with Gasteiger partial charge in [0.25, 0.3) is 5.69 Å². The summed E-state index contributed by atoms with van der Waals surface area (Å²) in [5.41, 5.74) is 1.27. The van der Waals surface area contributed by atoms with E-state index >= 15 is 0 Å². The normalized spacial score (nSPS) is 10.5. The molecular formula is C16H12N4O3S. The van der Waals surface area contributed by atoms with Crippen LogP contribution in [0.1, 0.15) is 5.56 Å². The second-order valence-electron chi connectivity index (χ2n) is 4.86. The fraction of sp³-hybridized carbons (Fsp3) is 0.0625. The average molecular weight is 340 g/mol. The van der Waals surface area contributed by atoms with Gasteiger partial charge in [0.2, 0.25) is 0 Å². The summed E-state index contributed by atoms with van der Waals surface area (Å²) in [4.78, 5) is 32.7. The van der Waals surface area contributed by atoms with Crippen LogP contribution in [0, 0.1) is 10.1 Å². The third-order valence-electron chi connectivity index (χ3n) is 3.19. The van der Waals surface area contributed by atoms with E-state index in [2.05, 4.69) is 15.0 Å². The summed E-state index contributed by atoms with van der Waals surface area (Å²) >= 11 is 1.30. The quantitative estimate of drug-likeness (QED) is 0.435. The number of thioether (sulfide) groups is 1. The third kappa shape index (κ3) is 3.85. The lowest BCUT2D eigenvalue weighted by Crippen LogP contribution is -2.14. The first-order chi connectivity index (χ1) is 11.6. The van der Waals surface area contributed by atoms with Crippen molar-refractivity contribution < 1.29 is 4.92 Å². The fourth-order valence-electron chi connectivity index (χ4n) is 2.02. The topological polar surface area (TPSA) is 102 Å². The number of hydrogen-bond donors (Lipinski definition) is 1.